The summed E-state index contributed by atoms with van der Waals surface area (Å²) >= 11 is 17.9. The number of benzene rings is 2. The van der Waals surface area contributed by atoms with Crippen LogP contribution in [0.1, 0.15) is 24.2 Å². The fourth-order valence-corrected chi connectivity index (χ4v) is 2.83. The molecule has 0 fully saturated rings. The molecule has 0 aliphatic rings. The first-order valence-electron chi connectivity index (χ1n) is 6.55. The van der Waals surface area contributed by atoms with Gasteiger partial charge in [-0.3, -0.25) is 0 Å². The smallest absolute Gasteiger partial charge is 0.156 e. The lowest BCUT2D eigenvalue weighted by Crippen LogP contribution is -2.10. The van der Waals surface area contributed by atoms with Crippen LogP contribution in [0.2, 0.25) is 15.1 Å². The molecule has 5 heteroatoms. The van der Waals surface area contributed by atoms with Crippen molar-refractivity contribution >= 4 is 34.8 Å². The van der Waals surface area contributed by atoms with Crippen LogP contribution in [-0.4, -0.2) is 11.7 Å². The molecule has 0 saturated carbocycles. The summed E-state index contributed by atoms with van der Waals surface area (Å²) < 4.78 is 5.52. The van der Waals surface area contributed by atoms with Crippen LogP contribution >= 0.6 is 34.8 Å². The predicted octanol–water partition coefficient (Wildman–Crippen LogP) is 5.32. The monoisotopic (exact) mass is 344 g/mol. The van der Waals surface area contributed by atoms with Gasteiger partial charge in [0.15, 0.2) is 5.75 Å². The normalized spacial score (nSPS) is 12.2. The predicted molar refractivity (Wildman–Crippen MR) is 87.7 cm³/mol. The number of hydrogen-bond acceptors (Lipinski definition) is 2. The molecule has 1 N–H and O–H groups in total. The highest BCUT2D eigenvalue weighted by molar-refractivity contribution is 6.40. The number of hydrogen-bond donors (Lipinski definition) is 1. The Bertz CT molecular complexity index is 588. The minimum Gasteiger partial charge on any atom is -0.487 e. The highest BCUT2D eigenvalue weighted by atomic mass is 35.5. The summed E-state index contributed by atoms with van der Waals surface area (Å²) in [6.45, 7) is 2.14. The summed E-state index contributed by atoms with van der Waals surface area (Å²) in [5, 5.41) is 11.2. The molecular weight excluding hydrogens is 331 g/mol. The van der Waals surface area contributed by atoms with Crippen LogP contribution in [0.5, 0.6) is 5.75 Å². The third-order valence-electron chi connectivity index (χ3n) is 3.12. The molecule has 0 saturated heterocycles. The maximum Gasteiger partial charge on any atom is 0.156 e. The second kappa shape index (κ2) is 7.37. The second-order valence-corrected chi connectivity index (χ2v) is 5.87. The molecule has 2 aromatic rings. The minimum atomic E-state index is -0.751. The lowest BCUT2D eigenvalue weighted by molar-refractivity contribution is 0.108. The first kappa shape index (κ1) is 16.4. The summed E-state index contributed by atoms with van der Waals surface area (Å²) in [6.07, 6.45) is 0.210. The maximum absolute atomic E-state index is 10.1. The Labute approximate surface area is 139 Å². The van der Waals surface area contributed by atoms with Gasteiger partial charge in [-0.25, -0.2) is 0 Å². The summed E-state index contributed by atoms with van der Waals surface area (Å²) in [4.78, 5) is 0. The molecule has 0 spiro atoms. The van der Waals surface area contributed by atoms with Gasteiger partial charge in [-0.15, -0.1) is 0 Å². The largest absolute Gasteiger partial charge is 0.487 e. The number of ether oxygens (including phenoxy) is 1. The van der Waals surface area contributed by atoms with Crippen LogP contribution in [0.25, 0.3) is 0 Å². The Kier molecular flexibility index (Phi) is 5.77. The van der Waals surface area contributed by atoms with E-state index < -0.39 is 6.10 Å². The van der Waals surface area contributed by atoms with E-state index in [0.717, 1.165) is 12.0 Å². The van der Waals surface area contributed by atoms with Gasteiger partial charge < -0.3 is 9.84 Å². The van der Waals surface area contributed by atoms with Gasteiger partial charge >= 0.3 is 0 Å². The quantitative estimate of drug-likeness (QED) is 0.794. The Hall–Kier alpha value is -0.930. The van der Waals surface area contributed by atoms with E-state index >= 15 is 0 Å². The first-order chi connectivity index (χ1) is 10.0. The molecule has 0 aromatic heterocycles. The summed E-state index contributed by atoms with van der Waals surface area (Å²) in [6, 6.07) is 10.8. The first-order valence-corrected chi connectivity index (χ1v) is 7.69. The molecule has 1 unspecified atom stereocenters. The zero-order valence-corrected chi connectivity index (χ0v) is 13.7. The zero-order valence-electron chi connectivity index (χ0n) is 11.4. The molecule has 21 heavy (non-hydrogen) atoms. The fourth-order valence-electron chi connectivity index (χ4n) is 1.90. The van der Waals surface area contributed by atoms with Crippen LogP contribution in [0, 0.1) is 0 Å². The zero-order chi connectivity index (χ0) is 15.4. The van der Waals surface area contributed by atoms with Crippen LogP contribution in [0.3, 0.4) is 0 Å². The van der Waals surface area contributed by atoms with Crippen LogP contribution in [0.4, 0.5) is 0 Å². The van der Waals surface area contributed by atoms with Crippen LogP contribution in [0.15, 0.2) is 36.4 Å². The van der Waals surface area contributed by atoms with Crippen molar-refractivity contribution in [3.63, 3.8) is 0 Å². The highest BCUT2D eigenvalue weighted by Gasteiger charge is 2.13. The van der Waals surface area contributed by atoms with E-state index in [2.05, 4.69) is 6.92 Å². The molecular formula is C16H15Cl3O2. The maximum atomic E-state index is 10.1. The summed E-state index contributed by atoms with van der Waals surface area (Å²) in [5.74, 6) is 0.326. The molecule has 112 valence electrons. The number of aryl methyl sites for hydroxylation is 1. The van der Waals surface area contributed by atoms with Crippen LogP contribution < -0.4 is 4.74 Å². The second-order valence-electron chi connectivity index (χ2n) is 4.62. The molecule has 1 atom stereocenters. The minimum absolute atomic E-state index is 0.0620. The third kappa shape index (κ3) is 4.27. The van der Waals surface area contributed by atoms with E-state index in [1.54, 1.807) is 12.1 Å². The standard InChI is InChI=1S/C16H15Cl3O2/c1-2-10-3-5-11(6-4-10)15(20)9-21-16-13(18)7-12(17)8-14(16)19/h3-8,15,20H,2,9H2,1H3. The topological polar surface area (TPSA) is 29.5 Å². The summed E-state index contributed by atoms with van der Waals surface area (Å²) in [5.41, 5.74) is 2.00. The van der Waals surface area contributed by atoms with Crippen molar-refractivity contribution < 1.29 is 9.84 Å². The van der Waals surface area contributed by atoms with E-state index in [-0.39, 0.29) is 6.61 Å². The molecule has 0 amide bonds. The van der Waals surface area contributed by atoms with E-state index in [1.165, 1.54) is 5.56 Å². The van der Waals surface area contributed by atoms with E-state index in [9.17, 15) is 5.11 Å². The molecule has 0 radical (unpaired) electrons. The number of rotatable bonds is 5. The van der Waals surface area contributed by atoms with Gasteiger partial charge in [-0.05, 0) is 29.7 Å². The molecule has 2 nitrogen and oxygen atoms in total. The molecule has 2 aromatic carbocycles. The Morgan fingerprint density at radius 2 is 1.62 bits per heavy atom. The van der Waals surface area contributed by atoms with Gasteiger partial charge in [0.2, 0.25) is 0 Å². The highest BCUT2D eigenvalue weighted by Crippen LogP contribution is 2.36. The molecule has 0 aliphatic carbocycles. The SMILES string of the molecule is CCc1ccc(C(O)COc2c(Cl)cc(Cl)cc2Cl)cc1. The third-order valence-corrected chi connectivity index (χ3v) is 3.90. The lowest BCUT2D eigenvalue weighted by atomic mass is 10.1. The van der Waals surface area contributed by atoms with Crippen molar-refractivity contribution in [3.8, 4) is 5.75 Å². The fraction of sp³-hybridized carbons (Fsp3) is 0.250. The molecule has 0 aliphatic heterocycles. The Morgan fingerprint density at radius 1 is 1.05 bits per heavy atom. The Morgan fingerprint density at radius 3 is 2.14 bits per heavy atom. The van der Waals surface area contributed by atoms with Gasteiger partial charge in [-0.2, -0.15) is 0 Å². The van der Waals surface area contributed by atoms with Crippen molar-refractivity contribution in [1.29, 1.82) is 0 Å². The van der Waals surface area contributed by atoms with Gasteiger partial charge in [0.05, 0.1) is 10.0 Å². The van der Waals surface area contributed by atoms with Crippen LogP contribution in [-0.2, 0) is 6.42 Å². The Balaban J connectivity index is 2.05. The number of aliphatic hydroxyl groups is 1. The average Bonchev–Trinajstić information content (AvgIpc) is 2.46. The lowest BCUT2D eigenvalue weighted by Gasteiger charge is -2.15. The number of aliphatic hydroxyl groups excluding tert-OH is 1. The molecule has 0 bridgehead atoms. The molecule has 0 heterocycles. The van der Waals surface area contributed by atoms with Gasteiger partial charge in [0.25, 0.3) is 0 Å². The van der Waals surface area contributed by atoms with Crippen molar-refractivity contribution in [1.82, 2.24) is 0 Å². The van der Waals surface area contributed by atoms with E-state index in [1.807, 2.05) is 24.3 Å². The van der Waals surface area contributed by atoms with E-state index in [0.29, 0.717) is 20.8 Å². The van der Waals surface area contributed by atoms with Crippen molar-refractivity contribution in [2.24, 2.45) is 0 Å². The van der Waals surface area contributed by atoms with Crippen molar-refractivity contribution in [3.05, 3.63) is 62.6 Å². The van der Waals surface area contributed by atoms with Gasteiger partial charge in [0.1, 0.15) is 12.7 Å². The van der Waals surface area contributed by atoms with Gasteiger partial charge in [0, 0.05) is 5.02 Å². The van der Waals surface area contributed by atoms with Gasteiger partial charge in [-0.1, -0.05) is 66.0 Å². The van der Waals surface area contributed by atoms with E-state index in [4.69, 9.17) is 39.5 Å². The summed E-state index contributed by atoms with van der Waals surface area (Å²) in [7, 11) is 0. The molecule has 2 rings (SSSR count). The number of halogens is 3. The van der Waals surface area contributed by atoms with Crippen molar-refractivity contribution in [2.45, 2.75) is 19.4 Å². The van der Waals surface area contributed by atoms with Crippen molar-refractivity contribution in [2.75, 3.05) is 6.61 Å². The average molecular weight is 346 g/mol.